The van der Waals surface area contributed by atoms with Crippen LogP contribution in [0, 0.1) is 10.1 Å². The molecule has 1 heterocycles. The van der Waals surface area contributed by atoms with Gasteiger partial charge in [-0.15, -0.1) is 0 Å². The third-order valence-electron chi connectivity index (χ3n) is 3.08. The van der Waals surface area contributed by atoms with Crippen molar-refractivity contribution in [2.75, 3.05) is 13.2 Å². The van der Waals surface area contributed by atoms with Crippen molar-refractivity contribution in [3.05, 3.63) is 34.4 Å². The minimum atomic E-state index is -3.94. The van der Waals surface area contributed by atoms with Gasteiger partial charge in [0.15, 0.2) is 5.79 Å². The van der Waals surface area contributed by atoms with Crippen LogP contribution in [0.4, 0.5) is 5.69 Å². The van der Waals surface area contributed by atoms with Crippen LogP contribution in [0.3, 0.4) is 0 Å². The van der Waals surface area contributed by atoms with E-state index in [2.05, 4.69) is 0 Å². The standard InChI is InChI=1S/C13H17NO7S/c1-13(2)19-9-11(21-13)7-8-20-22(17,18)12-5-3-10(4-6-12)14(15)16/h3-6,11H,7-9H2,1-2H3. The average molecular weight is 331 g/mol. The number of ether oxygens (including phenoxy) is 2. The number of nitrogens with zero attached hydrogens (tertiary/aromatic N) is 1. The van der Waals surface area contributed by atoms with Gasteiger partial charge in [-0.1, -0.05) is 0 Å². The van der Waals surface area contributed by atoms with Gasteiger partial charge in [-0.25, -0.2) is 0 Å². The van der Waals surface area contributed by atoms with E-state index in [1.807, 2.05) is 0 Å². The highest BCUT2D eigenvalue weighted by Gasteiger charge is 2.32. The smallest absolute Gasteiger partial charge is 0.296 e. The van der Waals surface area contributed by atoms with Crippen molar-refractivity contribution in [3.8, 4) is 0 Å². The molecule has 1 atom stereocenters. The number of rotatable bonds is 6. The van der Waals surface area contributed by atoms with E-state index in [0.29, 0.717) is 13.0 Å². The lowest BCUT2D eigenvalue weighted by molar-refractivity contribution is -0.384. The second-order valence-electron chi connectivity index (χ2n) is 5.27. The van der Waals surface area contributed by atoms with E-state index >= 15 is 0 Å². The SMILES string of the molecule is CC1(C)OCC(CCOS(=O)(=O)c2ccc([N+](=O)[O-])cc2)O1. The molecule has 8 nitrogen and oxygen atoms in total. The van der Waals surface area contributed by atoms with E-state index in [1.165, 1.54) is 0 Å². The van der Waals surface area contributed by atoms with Crippen molar-refractivity contribution < 1.29 is 27.0 Å². The Kier molecular flexibility index (Phi) is 4.81. The molecule has 1 fully saturated rings. The van der Waals surface area contributed by atoms with Crippen LogP contribution in [0.2, 0.25) is 0 Å². The van der Waals surface area contributed by atoms with Gasteiger partial charge in [0.05, 0.1) is 29.1 Å². The monoisotopic (exact) mass is 331 g/mol. The molecule has 0 radical (unpaired) electrons. The van der Waals surface area contributed by atoms with Crippen molar-refractivity contribution in [3.63, 3.8) is 0 Å². The van der Waals surface area contributed by atoms with Crippen LogP contribution in [0.15, 0.2) is 29.2 Å². The topological polar surface area (TPSA) is 105 Å². The van der Waals surface area contributed by atoms with Crippen molar-refractivity contribution in [1.82, 2.24) is 0 Å². The third-order valence-corrected chi connectivity index (χ3v) is 4.41. The molecule has 1 saturated heterocycles. The highest BCUT2D eigenvalue weighted by Crippen LogP contribution is 2.24. The maximum atomic E-state index is 12.0. The molecule has 22 heavy (non-hydrogen) atoms. The van der Waals surface area contributed by atoms with E-state index in [-0.39, 0.29) is 23.3 Å². The van der Waals surface area contributed by atoms with Gasteiger partial charge in [-0.05, 0) is 26.0 Å². The second-order valence-corrected chi connectivity index (χ2v) is 6.88. The zero-order valence-electron chi connectivity index (χ0n) is 12.2. The molecule has 0 saturated carbocycles. The molecule has 1 aromatic rings. The van der Waals surface area contributed by atoms with Gasteiger partial charge in [-0.3, -0.25) is 14.3 Å². The molecule has 1 unspecified atom stereocenters. The van der Waals surface area contributed by atoms with Gasteiger partial charge in [0.1, 0.15) is 0 Å². The average Bonchev–Trinajstić information content (AvgIpc) is 2.78. The Hall–Kier alpha value is -1.55. The Morgan fingerprint density at radius 2 is 2.00 bits per heavy atom. The van der Waals surface area contributed by atoms with Crippen LogP contribution in [0.1, 0.15) is 20.3 Å². The first-order valence-electron chi connectivity index (χ1n) is 6.65. The number of nitro groups is 1. The predicted molar refractivity (Wildman–Crippen MR) is 75.8 cm³/mol. The lowest BCUT2D eigenvalue weighted by atomic mass is 10.3. The number of benzene rings is 1. The van der Waals surface area contributed by atoms with Gasteiger partial charge in [-0.2, -0.15) is 8.42 Å². The molecule has 2 rings (SSSR count). The van der Waals surface area contributed by atoms with Crippen molar-refractivity contribution >= 4 is 15.8 Å². The summed E-state index contributed by atoms with van der Waals surface area (Å²) in [4.78, 5) is 9.81. The molecule has 122 valence electrons. The fourth-order valence-electron chi connectivity index (χ4n) is 2.00. The molecule has 0 N–H and O–H groups in total. The normalized spacial score (nSPS) is 20.9. The van der Waals surface area contributed by atoms with Gasteiger partial charge in [0.25, 0.3) is 15.8 Å². The highest BCUT2D eigenvalue weighted by atomic mass is 32.2. The Morgan fingerprint density at radius 1 is 1.36 bits per heavy atom. The Balaban J connectivity index is 1.90. The van der Waals surface area contributed by atoms with Crippen LogP contribution in [-0.4, -0.2) is 38.4 Å². The minimum absolute atomic E-state index is 0.0522. The van der Waals surface area contributed by atoms with Crippen molar-refractivity contribution in [2.24, 2.45) is 0 Å². The molecule has 0 bridgehead atoms. The molecular weight excluding hydrogens is 314 g/mol. The van der Waals surface area contributed by atoms with Crippen molar-refractivity contribution in [2.45, 2.75) is 37.1 Å². The molecule has 9 heteroatoms. The molecule has 0 spiro atoms. The maximum Gasteiger partial charge on any atom is 0.296 e. The molecule has 1 aromatic carbocycles. The van der Waals surface area contributed by atoms with E-state index in [9.17, 15) is 18.5 Å². The van der Waals surface area contributed by atoms with Crippen LogP contribution >= 0.6 is 0 Å². The van der Waals surface area contributed by atoms with Gasteiger partial charge >= 0.3 is 0 Å². The number of hydrogen-bond donors (Lipinski definition) is 0. The first kappa shape index (κ1) is 16.8. The maximum absolute atomic E-state index is 12.0. The first-order valence-corrected chi connectivity index (χ1v) is 8.06. The zero-order chi connectivity index (χ0) is 16.4. The number of nitro benzene ring substituents is 1. The number of non-ortho nitro benzene ring substituents is 1. The molecular formula is C13H17NO7S. The fourth-order valence-corrected chi connectivity index (χ4v) is 2.92. The summed E-state index contributed by atoms with van der Waals surface area (Å²) in [7, 11) is -3.94. The first-order chi connectivity index (χ1) is 10.2. The van der Waals surface area contributed by atoms with Crippen LogP contribution in [0.25, 0.3) is 0 Å². The fraction of sp³-hybridized carbons (Fsp3) is 0.538. The molecule has 0 aliphatic carbocycles. The summed E-state index contributed by atoms with van der Waals surface area (Å²) in [5.41, 5.74) is -0.183. The molecule has 1 aliphatic heterocycles. The minimum Gasteiger partial charge on any atom is -0.348 e. The lowest BCUT2D eigenvalue weighted by Crippen LogP contribution is -2.22. The third kappa shape index (κ3) is 4.23. The Labute approximate surface area is 128 Å². The quantitative estimate of drug-likeness (QED) is 0.445. The summed E-state index contributed by atoms with van der Waals surface area (Å²) < 4.78 is 39.7. The van der Waals surface area contributed by atoms with E-state index in [0.717, 1.165) is 24.3 Å². The van der Waals surface area contributed by atoms with Gasteiger partial charge in [0.2, 0.25) is 0 Å². The largest absolute Gasteiger partial charge is 0.348 e. The predicted octanol–water partition coefficient (Wildman–Crippen LogP) is 1.84. The summed E-state index contributed by atoms with van der Waals surface area (Å²) in [5.74, 6) is -0.665. The van der Waals surface area contributed by atoms with Crippen LogP contribution in [-0.2, 0) is 23.8 Å². The Bertz CT molecular complexity index is 639. The summed E-state index contributed by atoms with van der Waals surface area (Å²) in [6.45, 7) is 3.89. The van der Waals surface area contributed by atoms with E-state index in [4.69, 9.17) is 13.7 Å². The molecule has 1 aliphatic rings. The van der Waals surface area contributed by atoms with E-state index < -0.39 is 20.8 Å². The van der Waals surface area contributed by atoms with Gasteiger partial charge in [0, 0.05) is 18.6 Å². The summed E-state index contributed by atoms with van der Waals surface area (Å²) in [6.07, 6.45) is 0.150. The Morgan fingerprint density at radius 3 is 2.50 bits per heavy atom. The highest BCUT2D eigenvalue weighted by molar-refractivity contribution is 7.86. The second kappa shape index (κ2) is 6.29. The van der Waals surface area contributed by atoms with Crippen LogP contribution in [0.5, 0.6) is 0 Å². The number of hydrogen-bond acceptors (Lipinski definition) is 7. The van der Waals surface area contributed by atoms with Gasteiger partial charge < -0.3 is 9.47 Å². The summed E-state index contributed by atoms with van der Waals surface area (Å²) >= 11 is 0. The van der Waals surface area contributed by atoms with Crippen molar-refractivity contribution in [1.29, 1.82) is 0 Å². The zero-order valence-corrected chi connectivity index (χ0v) is 13.0. The van der Waals surface area contributed by atoms with Crippen LogP contribution < -0.4 is 0 Å². The summed E-state index contributed by atoms with van der Waals surface area (Å²) in [5, 5.41) is 10.5. The summed E-state index contributed by atoms with van der Waals surface area (Å²) in [6, 6.07) is 4.52. The molecule has 0 amide bonds. The van der Waals surface area contributed by atoms with E-state index in [1.54, 1.807) is 13.8 Å². The lowest BCUT2D eigenvalue weighted by Gasteiger charge is -2.16. The molecule has 0 aromatic heterocycles.